The van der Waals surface area contributed by atoms with E-state index in [1.54, 1.807) is 61.5 Å². The van der Waals surface area contributed by atoms with Crippen LogP contribution in [0.25, 0.3) is 11.1 Å². The predicted octanol–water partition coefficient (Wildman–Crippen LogP) is 6.10. The zero-order chi connectivity index (χ0) is 27.2. The van der Waals surface area contributed by atoms with E-state index in [-0.39, 0.29) is 29.0 Å². The van der Waals surface area contributed by atoms with Gasteiger partial charge >= 0.3 is 17.9 Å². The van der Waals surface area contributed by atoms with Crippen molar-refractivity contribution in [1.82, 2.24) is 0 Å². The molecule has 0 bridgehead atoms. The van der Waals surface area contributed by atoms with Gasteiger partial charge in [-0.25, -0.2) is 14.4 Å². The van der Waals surface area contributed by atoms with Crippen molar-refractivity contribution in [2.24, 2.45) is 0 Å². The molecule has 0 saturated heterocycles. The second-order valence-corrected chi connectivity index (χ2v) is 8.60. The number of esters is 1. The number of carboxylic acid groups (broad SMARTS) is 2. The summed E-state index contributed by atoms with van der Waals surface area (Å²) >= 11 is 0. The van der Waals surface area contributed by atoms with Gasteiger partial charge in [-0.15, -0.1) is 0 Å². The summed E-state index contributed by atoms with van der Waals surface area (Å²) in [6.45, 7) is 3.60. The topological polar surface area (TPSA) is 119 Å². The van der Waals surface area contributed by atoms with Gasteiger partial charge in [-0.1, -0.05) is 53.6 Å². The molecule has 0 fully saturated rings. The van der Waals surface area contributed by atoms with Gasteiger partial charge in [0.2, 0.25) is 0 Å². The zero-order valence-electron chi connectivity index (χ0n) is 20.6. The zero-order valence-corrected chi connectivity index (χ0v) is 20.6. The van der Waals surface area contributed by atoms with Crippen LogP contribution in [0, 0.1) is 13.8 Å². The van der Waals surface area contributed by atoms with Crippen LogP contribution in [0.4, 0.5) is 0 Å². The average molecular weight is 513 g/mol. The molecule has 4 aromatic carbocycles. The first-order chi connectivity index (χ1) is 18.2. The smallest absolute Gasteiger partial charge is 0.344 e. The molecule has 0 unspecified atom stereocenters. The number of carbonyl (C=O) groups is 3. The van der Waals surface area contributed by atoms with Crippen LogP contribution in [0.5, 0.6) is 11.5 Å². The van der Waals surface area contributed by atoms with Crippen LogP contribution in [0.15, 0.2) is 84.9 Å². The lowest BCUT2D eigenvalue weighted by Crippen LogP contribution is -2.14. The molecule has 0 radical (unpaired) electrons. The molecule has 8 nitrogen and oxygen atoms in total. The SMILES string of the molecule is Cc1ccc(C(=O)O)c(COOc2ccc(-c3ccc(OC(=O)c4cc(C)ccc4C(=O)O)cc3)cc2)c1. The van der Waals surface area contributed by atoms with Crippen molar-refractivity contribution in [3.05, 3.63) is 118 Å². The molecular weight excluding hydrogens is 488 g/mol. The first-order valence-corrected chi connectivity index (χ1v) is 11.6. The Balaban J connectivity index is 1.37. The van der Waals surface area contributed by atoms with Crippen molar-refractivity contribution < 1.29 is 39.1 Å². The van der Waals surface area contributed by atoms with Crippen LogP contribution < -0.4 is 9.62 Å². The predicted molar refractivity (Wildman–Crippen MR) is 139 cm³/mol. The number of aromatic carboxylic acids is 2. The summed E-state index contributed by atoms with van der Waals surface area (Å²) in [4.78, 5) is 46.0. The molecular formula is C30H24O8. The molecule has 4 aromatic rings. The van der Waals surface area contributed by atoms with Gasteiger partial charge in [0, 0.05) is 0 Å². The Labute approximate surface area is 218 Å². The standard InChI is InChI=1S/C30H24O8/c1-18-3-13-25(28(31)32)22(15-18)17-36-38-24-11-7-21(8-12-24)20-5-9-23(10-6-20)37-30(35)27-16-19(2)4-14-26(27)29(33)34/h3-16H,17H2,1-2H3,(H,31,32)(H,33,34). The van der Waals surface area contributed by atoms with Gasteiger partial charge < -0.3 is 19.8 Å². The number of hydrogen-bond donors (Lipinski definition) is 2. The molecule has 38 heavy (non-hydrogen) atoms. The molecule has 0 aliphatic heterocycles. The van der Waals surface area contributed by atoms with Crippen LogP contribution in [0.3, 0.4) is 0 Å². The number of aryl methyl sites for hydroxylation is 2. The molecule has 0 heterocycles. The van der Waals surface area contributed by atoms with Gasteiger partial charge in [-0.3, -0.25) is 0 Å². The average Bonchev–Trinajstić information content (AvgIpc) is 2.89. The molecule has 0 amide bonds. The number of benzene rings is 4. The van der Waals surface area contributed by atoms with Crippen LogP contribution in [0.1, 0.15) is 47.8 Å². The fraction of sp³-hybridized carbons (Fsp3) is 0.100. The number of rotatable bonds is 9. The van der Waals surface area contributed by atoms with Crippen molar-refractivity contribution >= 4 is 17.9 Å². The van der Waals surface area contributed by atoms with Crippen molar-refractivity contribution in [3.8, 4) is 22.6 Å². The summed E-state index contributed by atoms with van der Waals surface area (Å²) in [7, 11) is 0. The van der Waals surface area contributed by atoms with Gasteiger partial charge in [0.1, 0.15) is 12.4 Å². The van der Waals surface area contributed by atoms with Gasteiger partial charge in [0.05, 0.1) is 16.7 Å². The van der Waals surface area contributed by atoms with Crippen molar-refractivity contribution in [1.29, 1.82) is 0 Å². The maximum absolute atomic E-state index is 12.6. The third-order valence-corrected chi connectivity index (χ3v) is 5.74. The third kappa shape index (κ3) is 6.24. The van der Waals surface area contributed by atoms with E-state index in [0.29, 0.717) is 11.3 Å². The fourth-order valence-corrected chi connectivity index (χ4v) is 3.81. The lowest BCUT2D eigenvalue weighted by atomic mass is 10.0. The highest BCUT2D eigenvalue weighted by Gasteiger charge is 2.18. The maximum Gasteiger partial charge on any atom is 0.344 e. The van der Waals surface area contributed by atoms with E-state index in [0.717, 1.165) is 22.3 Å². The van der Waals surface area contributed by atoms with Crippen LogP contribution >= 0.6 is 0 Å². The van der Waals surface area contributed by atoms with Gasteiger partial charge in [0.15, 0.2) is 5.75 Å². The number of ether oxygens (including phenoxy) is 1. The minimum Gasteiger partial charge on any atom is -0.478 e. The minimum absolute atomic E-state index is 0.0130. The van der Waals surface area contributed by atoms with Gasteiger partial charge in [0.25, 0.3) is 0 Å². The normalized spacial score (nSPS) is 10.6. The minimum atomic E-state index is -1.20. The highest BCUT2D eigenvalue weighted by Crippen LogP contribution is 2.26. The molecule has 8 heteroatoms. The van der Waals surface area contributed by atoms with E-state index >= 15 is 0 Å². The van der Waals surface area contributed by atoms with E-state index < -0.39 is 17.9 Å². The number of carbonyl (C=O) groups excluding carboxylic acids is 1. The summed E-state index contributed by atoms with van der Waals surface area (Å²) in [6, 6.07) is 23.3. The van der Waals surface area contributed by atoms with Crippen molar-refractivity contribution in [2.45, 2.75) is 20.5 Å². The van der Waals surface area contributed by atoms with Gasteiger partial charge in [-0.05, 0) is 73.0 Å². The Morgan fingerprint density at radius 1 is 0.632 bits per heavy atom. The second-order valence-electron chi connectivity index (χ2n) is 8.60. The molecule has 4 rings (SSSR count). The van der Waals surface area contributed by atoms with Gasteiger partial charge in [-0.2, -0.15) is 4.89 Å². The number of hydrogen-bond acceptors (Lipinski definition) is 6. The largest absolute Gasteiger partial charge is 0.478 e. The third-order valence-electron chi connectivity index (χ3n) is 5.74. The molecule has 0 aliphatic carbocycles. The quantitative estimate of drug-likeness (QED) is 0.120. The summed E-state index contributed by atoms with van der Waals surface area (Å²) in [5.41, 5.74) is 3.92. The monoisotopic (exact) mass is 512 g/mol. The molecule has 2 N–H and O–H groups in total. The van der Waals surface area contributed by atoms with E-state index in [9.17, 15) is 24.6 Å². The van der Waals surface area contributed by atoms with Crippen LogP contribution in [-0.2, 0) is 11.5 Å². The van der Waals surface area contributed by atoms with Crippen LogP contribution in [-0.4, -0.2) is 28.1 Å². The summed E-state index contributed by atoms with van der Waals surface area (Å²) in [6.07, 6.45) is 0. The molecule has 0 saturated carbocycles. The Bertz CT molecular complexity index is 1490. The Morgan fingerprint density at radius 3 is 1.74 bits per heavy atom. The van der Waals surface area contributed by atoms with E-state index in [1.807, 2.05) is 19.1 Å². The maximum atomic E-state index is 12.6. The Kier molecular flexibility index (Phi) is 7.84. The Morgan fingerprint density at radius 2 is 1.16 bits per heavy atom. The highest BCUT2D eigenvalue weighted by atomic mass is 17.2. The number of carboxylic acids is 2. The van der Waals surface area contributed by atoms with E-state index in [2.05, 4.69) is 0 Å². The first-order valence-electron chi connectivity index (χ1n) is 11.6. The first kappa shape index (κ1) is 26.1. The highest BCUT2D eigenvalue weighted by molar-refractivity contribution is 6.03. The van der Waals surface area contributed by atoms with E-state index in [4.69, 9.17) is 14.5 Å². The lowest BCUT2D eigenvalue weighted by Gasteiger charge is -2.10. The second kappa shape index (κ2) is 11.4. The molecule has 0 aromatic heterocycles. The van der Waals surface area contributed by atoms with Crippen LogP contribution in [0.2, 0.25) is 0 Å². The molecule has 0 spiro atoms. The van der Waals surface area contributed by atoms with E-state index in [1.165, 1.54) is 18.2 Å². The molecule has 192 valence electrons. The molecule has 0 atom stereocenters. The summed E-state index contributed by atoms with van der Waals surface area (Å²) in [5.74, 6) is -2.27. The van der Waals surface area contributed by atoms with Crippen molar-refractivity contribution in [2.75, 3.05) is 0 Å². The molecule has 0 aliphatic rings. The lowest BCUT2D eigenvalue weighted by molar-refractivity contribution is -0.217. The fourth-order valence-electron chi connectivity index (χ4n) is 3.81. The summed E-state index contributed by atoms with van der Waals surface area (Å²) in [5, 5.41) is 18.7. The summed E-state index contributed by atoms with van der Waals surface area (Å²) < 4.78 is 5.39. The Hall–Kier alpha value is -4.95. The van der Waals surface area contributed by atoms with Crippen molar-refractivity contribution in [3.63, 3.8) is 0 Å².